The minimum absolute atomic E-state index is 0.0909. The summed E-state index contributed by atoms with van der Waals surface area (Å²) in [4.78, 5) is 25.2. The van der Waals surface area contributed by atoms with Crippen molar-refractivity contribution in [2.45, 2.75) is 19.4 Å². The standard InChI is InChI=1S/C16H20ClN5O2/c1-21-13-6-2-5-11(17)14(13)12(20-21)8-19-15(23)10-4-3-7-22(9-10)16(18)24/h2,5-6,10H,3-4,7-9H2,1H3,(H2,18,24)(H,19,23)/t10-/m0/s1. The number of urea groups is 1. The number of hydrogen-bond acceptors (Lipinski definition) is 3. The number of nitrogens with zero attached hydrogens (tertiary/aromatic N) is 3. The second-order valence-corrected chi connectivity index (χ2v) is 6.45. The summed E-state index contributed by atoms with van der Waals surface area (Å²) in [7, 11) is 1.84. The normalized spacial score (nSPS) is 17.9. The van der Waals surface area contributed by atoms with Crippen molar-refractivity contribution in [1.29, 1.82) is 0 Å². The van der Waals surface area contributed by atoms with Gasteiger partial charge in [-0.3, -0.25) is 9.48 Å². The van der Waals surface area contributed by atoms with Crippen LogP contribution in [0.1, 0.15) is 18.5 Å². The van der Waals surface area contributed by atoms with Gasteiger partial charge >= 0.3 is 6.03 Å². The third-order valence-electron chi connectivity index (χ3n) is 4.43. The molecule has 0 aliphatic carbocycles. The smallest absolute Gasteiger partial charge is 0.314 e. The molecule has 1 aliphatic rings. The van der Waals surface area contributed by atoms with Crippen molar-refractivity contribution in [2.24, 2.45) is 18.7 Å². The number of nitrogens with two attached hydrogens (primary N) is 1. The summed E-state index contributed by atoms with van der Waals surface area (Å²) >= 11 is 6.27. The van der Waals surface area contributed by atoms with Crippen LogP contribution < -0.4 is 11.1 Å². The number of rotatable bonds is 3. The fourth-order valence-electron chi connectivity index (χ4n) is 3.18. The van der Waals surface area contributed by atoms with E-state index in [-0.39, 0.29) is 11.8 Å². The van der Waals surface area contributed by atoms with Crippen molar-refractivity contribution in [3.05, 3.63) is 28.9 Å². The first kappa shape index (κ1) is 16.6. The molecule has 24 heavy (non-hydrogen) atoms. The Hall–Kier alpha value is -2.28. The molecular formula is C16H20ClN5O2. The van der Waals surface area contributed by atoms with E-state index in [0.29, 0.717) is 24.7 Å². The Morgan fingerprint density at radius 1 is 1.46 bits per heavy atom. The van der Waals surface area contributed by atoms with Crippen molar-refractivity contribution in [3.63, 3.8) is 0 Å². The van der Waals surface area contributed by atoms with E-state index < -0.39 is 6.03 Å². The van der Waals surface area contributed by atoms with E-state index in [4.69, 9.17) is 17.3 Å². The van der Waals surface area contributed by atoms with Crippen LogP contribution in [0.15, 0.2) is 18.2 Å². The number of primary amides is 1. The van der Waals surface area contributed by atoms with Gasteiger partial charge in [-0.05, 0) is 25.0 Å². The SMILES string of the molecule is Cn1nc(CNC(=O)[C@H]2CCCN(C(N)=O)C2)c2c(Cl)cccc21. The lowest BCUT2D eigenvalue weighted by Crippen LogP contribution is -2.47. The number of likely N-dealkylation sites (tertiary alicyclic amines) is 1. The van der Waals surface area contributed by atoms with Gasteiger partial charge in [0.05, 0.1) is 28.7 Å². The average molecular weight is 350 g/mol. The van der Waals surface area contributed by atoms with Crippen LogP contribution in [0.25, 0.3) is 10.9 Å². The largest absolute Gasteiger partial charge is 0.351 e. The molecule has 0 bridgehead atoms. The monoisotopic (exact) mass is 349 g/mol. The van der Waals surface area contributed by atoms with Crippen molar-refractivity contribution in [3.8, 4) is 0 Å². The molecule has 0 spiro atoms. The molecule has 128 valence electrons. The van der Waals surface area contributed by atoms with Crippen LogP contribution >= 0.6 is 11.6 Å². The van der Waals surface area contributed by atoms with Gasteiger partial charge in [-0.1, -0.05) is 17.7 Å². The number of fused-ring (bicyclic) bond motifs is 1. The predicted octanol–water partition coefficient (Wildman–Crippen LogP) is 1.63. The Bertz CT molecular complexity index is 788. The number of amides is 3. The Kier molecular flexibility index (Phi) is 4.62. The summed E-state index contributed by atoms with van der Waals surface area (Å²) in [6.07, 6.45) is 1.53. The van der Waals surface area contributed by atoms with Gasteiger partial charge in [0.25, 0.3) is 0 Å². The van der Waals surface area contributed by atoms with Crippen LogP contribution in [0.2, 0.25) is 5.02 Å². The number of halogens is 1. The van der Waals surface area contributed by atoms with Gasteiger partial charge < -0.3 is 16.0 Å². The summed E-state index contributed by atoms with van der Waals surface area (Å²) in [6.45, 7) is 1.28. The van der Waals surface area contributed by atoms with Gasteiger partial charge in [-0.15, -0.1) is 0 Å². The van der Waals surface area contributed by atoms with Crippen molar-refractivity contribution >= 4 is 34.4 Å². The number of hydrogen-bond donors (Lipinski definition) is 2. The summed E-state index contributed by atoms with van der Waals surface area (Å²) in [5.41, 5.74) is 6.96. The number of carbonyl (C=O) groups is 2. The van der Waals surface area contributed by atoms with E-state index in [9.17, 15) is 9.59 Å². The molecule has 1 aliphatic heterocycles. The molecule has 2 heterocycles. The summed E-state index contributed by atoms with van der Waals surface area (Å²) in [6, 6.07) is 5.14. The zero-order valence-electron chi connectivity index (χ0n) is 13.5. The second kappa shape index (κ2) is 6.68. The maximum absolute atomic E-state index is 12.4. The molecule has 8 heteroatoms. The van der Waals surface area contributed by atoms with Crippen molar-refractivity contribution in [1.82, 2.24) is 20.0 Å². The zero-order valence-corrected chi connectivity index (χ0v) is 14.2. The molecule has 3 N–H and O–H groups in total. The molecule has 3 amide bonds. The van der Waals surface area contributed by atoms with Gasteiger partial charge in [0.2, 0.25) is 5.91 Å². The van der Waals surface area contributed by atoms with Crippen LogP contribution in [0.5, 0.6) is 0 Å². The molecule has 0 unspecified atom stereocenters. The molecule has 2 aromatic rings. The first-order valence-electron chi connectivity index (χ1n) is 7.89. The average Bonchev–Trinajstić information content (AvgIpc) is 2.90. The Morgan fingerprint density at radius 3 is 3.00 bits per heavy atom. The molecule has 1 fully saturated rings. The highest BCUT2D eigenvalue weighted by Crippen LogP contribution is 2.26. The van der Waals surface area contributed by atoms with Crippen LogP contribution in [0, 0.1) is 5.92 Å². The Balaban J connectivity index is 1.70. The summed E-state index contributed by atoms with van der Waals surface area (Å²) in [5.74, 6) is -0.330. The third kappa shape index (κ3) is 3.17. The summed E-state index contributed by atoms with van der Waals surface area (Å²) < 4.78 is 1.75. The maximum atomic E-state index is 12.4. The number of aryl methyl sites for hydroxylation is 1. The maximum Gasteiger partial charge on any atom is 0.314 e. The van der Waals surface area contributed by atoms with Crippen LogP contribution in [-0.2, 0) is 18.4 Å². The zero-order chi connectivity index (χ0) is 17.3. The second-order valence-electron chi connectivity index (χ2n) is 6.05. The fraction of sp³-hybridized carbons (Fsp3) is 0.438. The van der Waals surface area contributed by atoms with Crippen LogP contribution in [0.3, 0.4) is 0 Å². The van der Waals surface area contributed by atoms with E-state index in [2.05, 4.69) is 10.4 Å². The number of nitrogens with one attached hydrogen (secondary N) is 1. The number of carbonyl (C=O) groups excluding carboxylic acids is 2. The van der Waals surface area contributed by atoms with E-state index in [1.165, 1.54) is 4.90 Å². The number of aromatic nitrogens is 2. The molecule has 1 atom stereocenters. The van der Waals surface area contributed by atoms with Crippen LogP contribution in [-0.4, -0.2) is 39.7 Å². The van der Waals surface area contributed by atoms with Crippen molar-refractivity contribution < 1.29 is 9.59 Å². The minimum Gasteiger partial charge on any atom is -0.351 e. The molecule has 1 aromatic carbocycles. The molecular weight excluding hydrogens is 330 g/mol. The lowest BCUT2D eigenvalue weighted by Gasteiger charge is -2.30. The lowest BCUT2D eigenvalue weighted by atomic mass is 9.97. The quantitative estimate of drug-likeness (QED) is 0.882. The third-order valence-corrected chi connectivity index (χ3v) is 4.75. The Labute approximate surface area is 144 Å². The van der Waals surface area contributed by atoms with Gasteiger partial charge in [-0.25, -0.2) is 4.79 Å². The molecule has 0 saturated carbocycles. The number of benzene rings is 1. The Morgan fingerprint density at radius 2 is 2.25 bits per heavy atom. The lowest BCUT2D eigenvalue weighted by molar-refractivity contribution is -0.126. The van der Waals surface area contributed by atoms with Gasteiger partial charge in [0, 0.05) is 25.5 Å². The molecule has 3 rings (SSSR count). The topological polar surface area (TPSA) is 93.2 Å². The van der Waals surface area contributed by atoms with E-state index in [1.54, 1.807) is 4.68 Å². The molecule has 0 radical (unpaired) electrons. The molecule has 1 saturated heterocycles. The predicted molar refractivity (Wildman–Crippen MR) is 91.5 cm³/mol. The first-order valence-corrected chi connectivity index (χ1v) is 8.27. The molecule has 1 aromatic heterocycles. The minimum atomic E-state index is -0.477. The van der Waals surface area contributed by atoms with Gasteiger partial charge in [0.15, 0.2) is 0 Å². The van der Waals surface area contributed by atoms with Crippen LogP contribution in [0.4, 0.5) is 4.79 Å². The van der Waals surface area contributed by atoms with E-state index in [0.717, 1.165) is 29.4 Å². The van der Waals surface area contributed by atoms with Crippen molar-refractivity contribution in [2.75, 3.05) is 13.1 Å². The van der Waals surface area contributed by atoms with E-state index in [1.807, 2.05) is 25.2 Å². The van der Waals surface area contributed by atoms with E-state index >= 15 is 0 Å². The number of piperidine rings is 1. The van der Waals surface area contributed by atoms with Gasteiger partial charge in [-0.2, -0.15) is 5.10 Å². The summed E-state index contributed by atoms with van der Waals surface area (Å²) in [5, 5.41) is 8.82. The van der Waals surface area contributed by atoms with Gasteiger partial charge in [0.1, 0.15) is 0 Å². The first-order chi connectivity index (χ1) is 11.5. The highest BCUT2D eigenvalue weighted by Gasteiger charge is 2.27. The highest BCUT2D eigenvalue weighted by molar-refractivity contribution is 6.35. The fourth-order valence-corrected chi connectivity index (χ4v) is 3.46. The molecule has 7 nitrogen and oxygen atoms in total. The highest BCUT2D eigenvalue weighted by atomic mass is 35.5.